The molecular formula is C16H28N2OPS+. The average Bonchev–Trinajstić information content (AvgIpc) is 2.51. The minimum atomic E-state index is -0.980. The number of nitrogens with zero attached hydrogens (tertiary/aromatic N) is 2. The van der Waals surface area contributed by atoms with E-state index in [4.69, 9.17) is 16.5 Å². The van der Waals surface area contributed by atoms with Crippen molar-refractivity contribution in [3.8, 4) is 0 Å². The number of allylic oxidation sites excluding steroid dienone is 5. The van der Waals surface area contributed by atoms with Gasteiger partial charge >= 0.3 is 6.85 Å². The van der Waals surface area contributed by atoms with Crippen LogP contribution in [0, 0.1) is 0 Å². The summed E-state index contributed by atoms with van der Waals surface area (Å²) in [6, 6.07) is 0. The van der Waals surface area contributed by atoms with E-state index in [0.717, 1.165) is 25.0 Å². The molecule has 2 atom stereocenters. The predicted molar refractivity (Wildman–Crippen MR) is 98.3 cm³/mol. The fourth-order valence-corrected chi connectivity index (χ4v) is 4.39. The summed E-state index contributed by atoms with van der Waals surface area (Å²) in [5.41, 5.74) is 0. The Bertz CT molecular complexity index is 432. The van der Waals surface area contributed by atoms with E-state index in [0.29, 0.717) is 0 Å². The highest BCUT2D eigenvalue weighted by Crippen LogP contribution is 2.49. The molecule has 0 aliphatic carbocycles. The largest absolute Gasteiger partial charge is 0.445 e. The summed E-state index contributed by atoms with van der Waals surface area (Å²) in [7, 11) is 1.88. The van der Waals surface area contributed by atoms with E-state index in [1.165, 1.54) is 0 Å². The average molecular weight is 327 g/mol. The first-order chi connectivity index (χ1) is 10.0. The Hall–Kier alpha value is -0.990. The van der Waals surface area contributed by atoms with Crippen LogP contribution >= 0.6 is 6.85 Å². The van der Waals surface area contributed by atoms with E-state index >= 15 is 0 Å². The first-order valence-corrected chi connectivity index (χ1v) is 9.64. The Morgan fingerprint density at radius 3 is 2.48 bits per heavy atom. The highest BCUT2D eigenvalue weighted by Gasteiger charge is 2.48. The second-order valence-corrected chi connectivity index (χ2v) is 7.61. The maximum atomic E-state index is 6.34. The SMILES string of the molecule is C=NN(C)[P+](=S)C(CC)(CCC)OC(C=CC=CC)=CC. The van der Waals surface area contributed by atoms with Crippen LogP contribution in [0.5, 0.6) is 0 Å². The third kappa shape index (κ3) is 6.11. The minimum absolute atomic E-state index is 0.378. The molecule has 0 aromatic rings. The number of hydrogen-bond acceptors (Lipinski definition) is 3. The molecule has 0 saturated carbocycles. The summed E-state index contributed by atoms with van der Waals surface area (Å²) in [4.78, 5) is 0. The number of hydrazone groups is 1. The molecule has 0 radical (unpaired) electrons. The molecule has 0 amide bonds. The molecule has 0 heterocycles. The van der Waals surface area contributed by atoms with E-state index in [2.05, 4.69) is 25.7 Å². The van der Waals surface area contributed by atoms with Crippen molar-refractivity contribution in [2.24, 2.45) is 5.10 Å². The number of rotatable bonds is 10. The Morgan fingerprint density at radius 2 is 2.05 bits per heavy atom. The summed E-state index contributed by atoms with van der Waals surface area (Å²) in [6.07, 6.45) is 12.7. The summed E-state index contributed by atoms with van der Waals surface area (Å²) < 4.78 is 8.11. The van der Waals surface area contributed by atoms with Crippen molar-refractivity contribution in [2.45, 2.75) is 52.3 Å². The molecule has 21 heavy (non-hydrogen) atoms. The molecule has 5 heteroatoms. The number of hydrogen-bond donors (Lipinski definition) is 0. The van der Waals surface area contributed by atoms with Gasteiger partial charge in [-0.2, -0.15) is 5.10 Å². The zero-order valence-corrected chi connectivity index (χ0v) is 15.6. The molecule has 2 unspecified atom stereocenters. The predicted octanol–water partition coefficient (Wildman–Crippen LogP) is 5.35. The zero-order chi connectivity index (χ0) is 16.3. The Balaban J connectivity index is 5.40. The van der Waals surface area contributed by atoms with Crippen molar-refractivity contribution in [1.29, 1.82) is 0 Å². The molecular weight excluding hydrogens is 299 g/mol. The van der Waals surface area contributed by atoms with Crippen molar-refractivity contribution in [1.82, 2.24) is 4.78 Å². The van der Waals surface area contributed by atoms with Gasteiger partial charge in [-0.25, -0.2) is 0 Å². The Labute approximate surface area is 135 Å². The quantitative estimate of drug-likeness (QED) is 0.178. The van der Waals surface area contributed by atoms with E-state index in [1.54, 1.807) is 4.78 Å². The third-order valence-corrected chi connectivity index (χ3v) is 6.85. The van der Waals surface area contributed by atoms with Gasteiger partial charge in [-0.15, -0.1) is 4.78 Å². The summed E-state index contributed by atoms with van der Waals surface area (Å²) >= 11 is 5.73. The lowest BCUT2D eigenvalue weighted by Gasteiger charge is -2.27. The van der Waals surface area contributed by atoms with Crippen LogP contribution in [0.25, 0.3) is 0 Å². The van der Waals surface area contributed by atoms with Crippen LogP contribution in [-0.4, -0.2) is 23.9 Å². The zero-order valence-electron chi connectivity index (χ0n) is 13.9. The molecule has 0 fully saturated rings. The maximum absolute atomic E-state index is 6.34. The van der Waals surface area contributed by atoms with Gasteiger partial charge in [0.05, 0.1) is 7.05 Å². The van der Waals surface area contributed by atoms with Crippen molar-refractivity contribution in [3.05, 3.63) is 36.1 Å². The van der Waals surface area contributed by atoms with Crippen LogP contribution in [0.2, 0.25) is 0 Å². The highest BCUT2D eigenvalue weighted by molar-refractivity contribution is 8.04. The van der Waals surface area contributed by atoms with E-state index in [-0.39, 0.29) is 5.34 Å². The van der Waals surface area contributed by atoms with Crippen LogP contribution in [0.1, 0.15) is 47.0 Å². The normalized spacial score (nSPS) is 16.0. The van der Waals surface area contributed by atoms with Gasteiger partial charge < -0.3 is 4.74 Å². The monoisotopic (exact) mass is 327 g/mol. The molecule has 0 aromatic carbocycles. The van der Waals surface area contributed by atoms with Gasteiger partial charge in [0.25, 0.3) is 5.34 Å². The van der Waals surface area contributed by atoms with Gasteiger partial charge in [0.15, 0.2) is 11.8 Å². The lowest BCUT2D eigenvalue weighted by Crippen LogP contribution is -2.30. The Kier molecular flexibility index (Phi) is 10.2. The molecule has 0 spiro atoms. The molecule has 0 aromatic heterocycles. The first-order valence-electron chi connectivity index (χ1n) is 7.33. The fraction of sp³-hybridized carbons (Fsp3) is 0.562. The Morgan fingerprint density at radius 1 is 1.38 bits per heavy atom. The van der Waals surface area contributed by atoms with Crippen LogP contribution in [0.15, 0.2) is 41.2 Å². The summed E-state index contributed by atoms with van der Waals surface area (Å²) in [5.74, 6) is 0.846. The van der Waals surface area contributed by atoms with Crippen LogP contribution in [-0.2, 0) is 16.5 Å². The highest BCUT2D eigenvalue weighted by atomic mass is 32.4. The summed E-state index contributed by atoms with van der Waals surface area (Å²) in [5, 5.41) is 3.59. The van der Waals surface area contributed by atoms with Crippen LogP contribution in [0.4, 0.5) is 0 Å². The third-order valence-electron chi connectivity index (χ3n) is 3.17. The van der Waals surface area contributed by atoms with Crippen LogP contribution < -0.4 is 0 Å². The second kappa shape index (κ2) is 10.7. The molecule has 0 aliphatic heterocycles. The van der Waals surface area contributed by atoms with E-state index in [9.17, 15) is 0 Å². The van der Waals surface area contributed by atoms with Gasteiger partial charge in [-0.3, -0.25) is 0 Å². The standard InChI is InChI=1S/C16H28N2OPS/c1-7-11-12-13-15(9-3)19-16(10-4,14-8-2)20(21)18(6)17-5/h7,9,11-13H,5,8,10,14H2,1-4,6H3/q+1. The molecule has 118 valence electrons. The molecule has 0 N–H and O–H groups in total. The van der Waals surface area contributed by atoms with E-state index in [1.807, 2.05) is 51.3 Å². The van der Waals surface area contributed by atoms with E-state index < -0.39 is 6.85 Å². The lowest BCUT2D eigenvalue weighted by atomic mass is 10.1. The van der Waals surface area contributed by atoms with Crippen LogP contribution in [0.3, 0.4) is 0 Å². The maximum Gasteiger partial charge on any atom is 0.358 e. The topological polar surface area (TPSA) is 24.8 Å². The van der Waals surface area contributed by atoms with Gasteiger partial charge in [0.2, 0.25) is 0 Å². The first kappa shape index (κ1) is 20.0. The molecule has 0 rings (SSSR count). The van der Waals surface area contributed by atoms with Gasteiger partial charge in [0.1, 0.15) is 5.76 Å². The van der Waals surface area contributed by atoms with Crippen molar-refractivity contribution in [3.63, 3.8) is 0 Å². The number of ether oxygens (including phenoxy) is 1. The van der Waals surface area contributed by atoms with Gasteiger partial charge in [-0.05, 0) is 32.4 Å². The van der Waals surface area contributed by atoms with Crippen molar-refractivity contribution >= 4 is 25.4 Å². The minimum Gasteiger partial charge on any atom is -0.445 e. The summed E-state index contributed by atoms with van der Waals surface area (Å²) in [6.45, 7) is 10.8. The van der Waals surface area contributed by atoms with Gasteiger partial charge in [0, 0.05) is 19.6 Å². The smallest absolute Gasteiger partial charge is 0.358 e. The lowest BCUT2D eigenvalue weighted by molar-refractivity contribution is 0.0717. The fourth-order valence-electron chi connectivity index (χ4n) is 1.95. The molecule has 3 nitrogen and oxygen atoms in total. The van der Waals surface area contributed by atoms with Crippen molar-refractivity contribution in [2.75, 3.05) is 7.05 Å². The molecule has 0 saturated heterocycles. The van der Waals surface area contributed by atoms with Crippen molar-refractivity contribution < 1.29 is 4.74 Å². The molecule has 0 aliphatic rings. The van der Waals surface area contributed by atoms with Gasteiger partial charge in [-0.1, -0.05) is 32.1 Å². The second-order valence-electron chi connectivity index (χ2n) is 4.63. The molecule has 0 bridgehead atoms.